The predicted molar refractivity (Wildman–Crippen MR) is 80.1 cm³/mol. The Hall–Kier alpha value is -1.22. The Morgan fingerprint density at radius 3 is 2.53 bits per heavy atom. The molecule has 1 aromatic carbocycles. The van der Waals surface area contributed by atoms with Gasteiger partial charge in [-0.1, -0.05) is 6.07 Å². The molecule has 0 spiro atoms. The number of hydrogen-bond acceptors (Lipinski definition) is 3. The molecule has 0 aromatic heterocycles. The summed E-state index contributed by atoms with van der Waals surface area (Å²) in [6.07, 6.45) is 2.37. The highest BCUT2D eigenvalue weighted by molar-refractivity contribution is 5.32. The topological polar surface area (TPSA) is 30.5 Å². The molecular formula is C16H27NO2. The van der Waals surface area contributed by atoms with E-state index in [1.165, 1.54) is 0 Å². The highest BCUT2D eigenvalue weighted by atomic mass is 16.5. The van der Waals surface area contributed by atoms with Gasteiger partial charge in [0.05, 0.1) is 13.2 Å². The maximum Gasteiger partial charge on any atom is 0.123 e. The van der Waals surface area contributed by atoms with Crippen LogP contribution in [0.2, 0.25) is 0 Å². The normalized spacial score (nSPS) is 13.1. The number of rotatable bonds is 7. The summed E-state index contributed by atoms with van der Waals surface area (Å²) in [6.45, 7) is 9.68. The monoisotopic (exact) mass is 265 g/mol. The summed E-state index contributed by atoms with van der Waals surface area (Å²) in [7, 11) is 1.67. The molecule has 0 fully saturated rings. The van der Waals surface area contributed by atoms with Gasteiger partial charge in [-0.05, 0) is 59.2 Å². The van der Waals surface area contributed by atoms with E-state index in [4.69, 9.17) is 9.47 Å². The molecule has 0 amide bonds. The van der Waals surface area contributed by atoms with Crippen LogP contribution in [0.5, 0.6) is 11.5 Å². The van der Waals surface area contributed by atoms with E-state index >= 15 is 0 Å². The molecule has 0 aliphatic rings. The molecule has 0 aliphatic heterocycles. The minimum atomic E-state index is 0.191. The molecule has 1 atom stereocenters. The van der Waals surface area contributed by atoms with Crippen LogP contribution in [0.1, 0.15) is 40.5 Å². The Balaban J connectivity index is 2.28. The van der Waals surface area contributed by atoms with E-state index in [0.29, 0.717) is 0 Å². The minimum absolute atomic E-state index is 0.191. The van der Waals surface area contributed by atoms with Crippen LogP contribution < -0.4 is 14.8 Å². The third kappa shape index (κ3) is 7.06. The summed E-state index contributed by atoms with van der Waals surface area (Å²) in [5.41, 5.74) is 0.191. The lowest BCUT2D eigenvalue weighted by atomic mass is 10.1. The number of hydrogen-bond donors (Lipinski definition) is 1. The Kier molecular flexibility index (Phi) is 6.16. The third-order valence-electron chi connectivity index (χ3n) is 2.82. The van der Waals surface area contributed by atoms with Crippen LogP contribution in [0, 0.1) is 0 Å². The van der Waals surface area contributed by atoms with Crippen LogP contribution >= 0.6 is 0 Å². The van der Waals surface area contributed by atoms with Crippen LogP contribution in [0.3, 0.4) is 0 Å². The number of benzene rings is 1. The van der Waals surface area contributed by atoms with E-state index in [2.05, 4.69) is 33.0 Å². The fraction of sp³-hybridized carbons (Fsp3) is 0.625. The molecule has 0 bridgehead atoms. The SMILES string of the molecule is COc1cccc(OC(C)CCCNC(C)(C)C)c1. The van der Waals surface area contributed by atoms with Crippen molar-refractivity contribution in [2.45, 2.75) is 52.2 Å². The number of ether oxygens (including phenoxy) is 2. The summed E-state index contributed by atoms with van der Waals surface area (Å²) < 4.78 is 11.1. The van der Waals surface area contributed by atoms with Crippen molar-refractivity contribution in [3.63, 3.8) is 0 Å². The van der Waals surface area contributed by atoms with Gasteiger partial charge in [0.1, 0.15) is 11.5 Å². The van der Waals surface area contributed by atoms with Gasteiger partial charge >= 0.3 is 0 Å². The average molecular weight is 265 g/mol. The maximum atomic E-state index is 5.88. The molecule has 3 heteroatoms. The summed E-state index contributed by atoms with van der Waals surface area (Å²) in [5.74, 6) is 1.70. The van der Waals surface area contributed by atoms with E-state index in [1.807, 2.05) is 24.3 Å². The van der Waals surface area contributed by atoms with Gasteiger partial charge in [0.2, 0.25) is 0 Å². The first-order valence-electron chi connectivity index (χ1n) is 6.96. The van der Waals surface area contributed by atoms with E-state index in [1.54, 1.807) is 7.11 Å². The van der Waals surface area contributed by atoms with Crippen molar-refractivity contribution in [3.05, 3.63) is 24.3 Å². The van der Waals surface area contributed by atoms with E-state index in [9.17, 15) is 0 Å². The molecular weight excluding hydrogens is 238 g/mol. The van der Waals surface area contributed by atoms with Gasteiger partial charge in [0.15, 0.2) is 0 Å². The number of nitrogens with one attached hydrogen (secondary N) is 1. The van der Waals surface area contributed by atoms with Crippen LogP contribution in [0.25, 0.3) is 0 Å². The molecule has 1 unspecified atom stereocenters. The third-order valence-corrected chi connectivity index (χ3v) is 2.82. The average Bonchev–Trinajstić information content (AvgIpc) is 2.34. The van der Waals surface area contributed by atoms with Crippen LogP contribution in [0.4, 0.5) is 0 Å². The lowest BCUT2D eigenvalue weighted by Gasteiger charge is -2.21. The van der Waals surface area contributed by atoms with Gasteiger partial charge in [0, 0.05) is 11.6 Å². The van der Waals surface area contributed by atoms with Gasteiger partial charge in [-0.25, -0.2) is 0 Å². The molecule has 108 valence electrons. The summed E-state index contributed by atoms with van der Waals surface area (Å²) >= 11 is 0. The van der Waals surface area contributed by atoms with E-state index in [0.717, 1.165) is 30.9 Å². The summed E-state index contributed by atoms with van der Waals surface area (Å²) in [5, 5.41) is 3.48. The zero-order valence-electron chi connectivity index (χ0n) is 12.8. The molecule has 1 N–H and O–H groups in total. The second-order valence-corrected chi connectivity index (χ2v) is 5.93. The molecule has 0 aliphatic carbocycles. The second kappa shape index (κ2) is 7.39. The van der Waals surface area contributed by atoms with Crippen molar-refractivity contribution in [1.29, 1.82) is 0 Å². The first-order valence-corrected chi connectivity index (χ1v) is 6.96. The number of methoxy groups -OCH3 is 1. The van der Waals surface area contributed by atoms with Gasteiger partial charge in [-0.3, -0.25) is 0 Å². The molecule has 0 saturated carbocycles. The minimum Gasteiger partial charge on any atom is -0.497 e. The lowest BCUT2D eigenvalue weighted by molar-refractivity contribution is 0.205. The highest BCUT2D eigenvalue weighted by Gasteiger charge is 2.09. The van der Waals surface area contributed by atoms with Crippen molar-refractivity contribution in [2.75, 3.05) is 13.7 Å². The van der Waals surface area contributed by atoms with Gasteiger partial charge in [0.25, 0.3) is 0 Å². The largest absolute Gasteiger partial charge is 0.497 e. The smallest absolute Gasteiger partial charge is 0.123 e. The molecule has 3 nitrogen and oxygen atoms in total. The van der Waals surface area contributed by atoms with Gasteiger partial charge in [-0.15, -0.1) is 0 Å². The molecule has 0 radical (unpaired) electrons. The van der Waals surface area contributed by atoms with E-state index in [-0.39, 0.29) is 11.6 Å². The van der Waals surface area contributed by atoms with Crippen molar-refractivity contribution in [3.8, 4) is 11.5 Å². The Bertz CT molecular complexity index is 371. The van der Waals surface area contributed by atoms with Crippen LogP contribution in [0.15, 0.2) is 24.3 Å². The first kappa shape index (κ1) is 15.8. The Labute approximate surface area is 117 Å². The summed E-state index contributed by atoms with van der Waals surface area (Å²) in [4.78, 5) is 0. The van der Waals surface area contributed by atoms with Crippen molar-refractivity contribution >= 4 is 0 Å². The zero-order valence-corrected chi connectivity index (χ0v) is 12.8. The van der Waals surface area contributed by atoms with Crippen molar-refractivity contribution in [1.82, 2.24) is 5.32 Å². The zero-order chi connectivity index (χ0) is 14.3. The van der Waals surface area contributed by atoms with Crippen LogP contribution in [-0.4, -0.2) is 25.3 Å². The Morgan fingerprint density at radius 2 is 1.89 bits per heavy atom. The maximum absolute atomic E-state index is 5.88. The molecule has 1 rings (SSSR count). The quantitative estimate of drug-likeness (QED) is 0.764. The molecule has 1 aromatic rings. The van der Waals surface area contributed by atoms with Gasteiger partial charge in [-0.2, -0.15) is 0 Å². The van der Waals surface area contributed by atoms with E-state index < -0.39 is 0 Å². The lowest BCUT2D eigenvalue weighted by Crippen LogP contribution is -2.36. The molecule has 19 heavy (non-hydrogen) atoms. The standard InChI is InChI=1S/C16H27NO2/c1-13(8-7-11-17-16(2,3)4)19-15-10-6-9-14(12-15)18-5/h6,9-10,12-13,17H,7-8,11H2,1-5H3. The Morgan fingerprint density at radius 1 is 1.21 bits per heavy atom. The highest BCUT2D eigenvalue weighted by Crippen LogP contribution is 2.20. The predicted octanol–water partition coefficient (Wildman–Crippen LogP) is 3.63. The summed E-state index contributed by atoms with van der Waals surface area (Å²) in [6, 6.07) is 7.75. The van der Waals surface area contributed by atoms with Crippen LogP contribution in [-0.2, 0) is 0 Å². The van der Waals surface area contributed by atoms with Crippen molar-refractivity contribution in [2.24, 2.45) is 0 Å². The second-order valence-electron chi connectivity index (χ2n) is 5.93. The van der Waals surface area contributed by atoms with Crippen molar-refractivity contribution < 1.29 is 9.47 Å². The fourth-order valence-electron chi connectivity index (χ4n) is 1.82. The molecule has 0 saturated heterocycles. The first-order chi connectivity index (χ1) is 8.90. The van der Waals surface area contributed by atoms with Gasteiger partial charge < -0.3 is 14.8 Å². The fourth-order valence-corrected chi connectivity index (χ4v) is 1.82. The molecule has 0 heterocycles.